The molecule has 1 amide bonds. The molecule has 0 aliphatic heterocycles. The zero-order valence-electron chi connectivity index (χ0n) is 15.8. The first-order valence-electron chi connectivity index (χ1n) is 8.90. The normalized spacial score (nSPS) is 11.0. The van der Waals surface area contributed by atoms with E-state index in [1.54, 1.807) is 18.2 Å². The van der Waals surface area contributed by atoms with Gasteiger partial charge in [0, 0.05) is 5.69 Å². The number of para-hydroxylation sites is 1. The summed E-state index contributed by atoms with van der Waals surface area (Å²) in [5.41, 5.74) is 3.17. The Morgan fingerprint density at radius 2 is 2.03 bits per heavy atom. The lowest BCUT2D eigenvalue weighted by molar-refractivity contribution is -0.113. The van der Waals surface area contributed by atoms with Crippen molar-refractivity contribution in [3.05, 3.63) is 70.3 Å². The maximum Gasteiger partial charge on any atom is 0.269 e. The van der Waals surface area contributed by atoms with Crippen molar-refractivity contribution in [3.8, 4) is 5.95 Å². The molecule has 2 aromatic carbocycles. The maximum absolute atomic E-state index is 13.0. The van der Waals surface area contributed by atoms with E-state index in [1.807, 2.05) is 38.1 Å². The van der Waals surface area contributed by atoms with Crippen LogP contribution in [0, 0.1) is 13.8 Å². The van der Waals surface area contributed by atoms with Crippen LogP contribution in [0.1, 0.15) is 11.1 Å². The van der Waals surface area contributed by atoms with Gasteiger partial charge >= 0.3 is 0 Å². The van der Waals surface area contributed by atoms with Crippen LogP contribution in [0.3, 0.4) is 0 Å². The minimum atomic E-state index is -0.273. The fourth-order valence-electron chi connectivity index (χ4n) is 2.97. The van der Waals surface area contributed by atoms with Gasteiger partial charge in [-0.05, 0) is 37.6 Å². The summed E-state index contributed by atoms with van der Waals surface area (Å²) in [6.45, 7) is 3.95. The van der Waals surface area contributed by atoms with Gasteiger partial charge in [-0.3, -0.25) is 9.59 Å². The molecule has 0 aliphatic carbocycles. The van der Waals surface area contributed by atoms with Crippen LogP contribution in [0.15, 0.2) is 58.7 Å². The monoisotopic (exact) mass is 406 g/mol. The quantitative estimate of drug-likeness (QED) is 0.390. The molecule has 9 heteroatoms. The lowest BCUT2D eigenvalue weighted by atomic mass is 10.1. The predicted molar refractivity (Wildman–Crippen MR) is 113 cm³/mol. The SMILES string of the molecule is Cc1ccc(NC(=O)CSc2nc3ccccc3c(=O)n2-c2ncn[nH]2)c(C)c1. The number of aryl methyl sites for hydroxylation is 2. The number of hydrogen-bond acceptors (Lipinski definition) is 6. The van der Waals surface area contributed by atoms with Crippen molar-refractivity contribution in [3.63, 3.8) is 0 Å². The molecule has 0 saturated carbocycles. The van der Waals surface area contributed by atoms with Crippen LogP contribution < -0.4 is 10.9 Å². The minimum absolute atomic E-state index is 0.0895. The highest BCUT2D eigenvalue weighted by Gasteiger charge is 2.16. The van der Waals surface area contributed by atoms with Crippen molar-refractivity contribution in [1.29, 1.82) is 0 Å². The highest BCUT2D eigenvalue weighted by atomic mass is 32.2. The number of carbonyl (C=O) groups excluding carboxylic acids is 1. The Bertz CT molecular complexity index is 1250. The number of H-pyrrole nitrogens is 1. The number of nitrogens with zero attached hydrogens (tertiary/aromatic N) is 4. The van der Waals surface area contributed by atoms with E-state index in [0.29, 0.717) is 16.1 Å². The molecule has 4 rings (SSSR count). The number of amides is 1. The number of aromatic nitrogens is 5. The van der Waals surface area contributed by atoms with Crippen molar-refractivity contribution in [2.75, 3.05) is 11.1 Å². The summed E-state index contributed by atoms with van der Waals surface area (Å²) in [6, 6.07) is 12.9. The number of carbonyl (C=O) groups is 1. The van der Waals surface area contributed by atoms with Crippen LogP contribution in [0.5, 0.6) is 0 Å². The van der Waals surface area contributed by atoms with E-state index in [2.05, 4.69) is 25.5 Å². The van der Waals surface area contributed by atoms with Gasteiger partial charge in [0.15, 0.2) is 5.16 Å². The second kappa shape index (κ2) is 7.88. The molecule has 4 aromatic rings. The van der Waals surface area contributed by atoms with Crippen LogP contribution in [0.4, 0.5) is 5.69 Å². The molecule has 0 aliphatic rings. The molecule has 8 nitrogen and oxygen atoms in total. The van der Waals surface area contributed by atoms with E-state index in [4.69, 9.17) is 0 Å². The van der Waals surface area contributed by atoms with Gasteiger partial charge in [0.1, 0.15) is 6.33 Å². The molecule has 0 saturated heterocycles. The number of benzene rings is 2. The Kier molecular flexibility index (Phi) is 5.13. The summed E-state index contributed by atoms with van der Waals surface area (Å²) in [5.74, 6) is 0.158. The topological polar surface area (TPSA) is 106 Å². The van der Waals surface area contributed by atoms with Gasteiger partial charge in [-0.1, -0.05) is 41.6 Å². The van der Waals surface area contributed by atoms with Gasteiger partial charge in [0.2, 0.25) is 11.9 Å². The Labute approximate surface area is 170 Å². The van der Waals surface area contributed by atoms with Crippen LogP contribution in [-0.2, 0) is 4.79 Å². The van der Waals surface area contributed by atoms with Gasteiger partial charge < -0.3 is 5.32 Å². The van der Waals surface area contributed by atoms with Gasteiger partial charge in [-0.15, -0.1) is 0 Å². The van der Waals surface area contributed by atoms with E-state index in [0.717, 1.165) is 28.6 Å². The standard InChI is InChI=1S/C20H18N6O2S/c1-12-7-8-15(13(2)9-12)23-17(27)10-29-20-24-16-6-4-3-5-14(16)18(28)26(20)19-21-11-22-25-19/h3-9,11H,10H2,1-2H3,(H,23,27)(H,21,22,25). The van der Waals surface area contributed by atoms with Gasteiger partial charge in [-0.2, -0.15) is 10.1 Å². The maximum atomic E-state index is 13.0. The third-order valence-corrected chi connectivity index (χ3v) is 5.29. The van der Waals surface area contributed by atoms with Crippen LogP contribution in [0.25, 0.3) is 16.9 Å². The Morgan fingerprint density at radius 1 is 1.21 bits per heavy atom. The number of anilines is 1. The average Bonchev–Trinajstić information content (AvgIpc) is 3.23. The van der Waals surface area contributed by atoms with Crippen molar-refractivity contribution in [2.24, 2.45) is 0 Å². The smallest absolute Gasteiger partial charge is 0.269 e. The highest BCUT2D eigenvalue weighted by molar-refractivity contribution is 7.99. The van der Waals surface area contributed by atoms with Crippen LogP contribution in [0.2, 0.25) is 0 Å². The Hall–Kier alpha value is -3.46. The second-order valence-electron chi connectivity index (χ2n) is 6.52. The molecule has 29 heavy (non-hydrogen) atoms. The number of thioether (sulfide) groups is 1. The summed E-state index contributed by atoms with van der Waals surface area (Å²) >= 11 is 1.16. The molecular formula is C20H18N6O2S. The predicted octanol–water partition coefficient (Wildman–Crippen LogP) is 2.85. The summed E-state index contributed by atoms with van der Waals surface area (Å²) in [6.07, 6.45) is 1.32. The van der Waals surface area contributed by atoms with Crippen molar-refractivity contribution in [1.82, 2.24) is 24.7 Å². The van der Waals surface area contributed by atoms with Gasteiger partial charge in [0.05, 0.1) is 16.7 Å². The van der Waals surface area contributed by atoms with Crippen LogP contribution in [-0.4, -0.2) is 36.4 Å². The largest absolute Gasteiger partial charge is 0.325 e. The fourth-order valence-corrected chi connectivity index (χ4v) is 3.77. The minimum Gasteiger partial charge on any atom is -0.325 e. The highest BCUT2D eigenvalue weighted by Crippen LogP contribution is 2.21. The molecule has 0 spiro atoms. The van der Waals surface area contributed by atoms with Gasteiger partial charge in [-0.25, -0.2) is 14.6 Å². The van der Waals surface area contributed by atoms with Crippen molar-refractivity contribution in [2.45, 2.75) is 19.0 Å². The molecule has 0 radical (unpaired) electrons. The van der Waals surface area contributed by atoms with E-state index in [9.17, 15) is 9.59 Å². The van der Waals surface area contributed by atoms with Gasteiger partial charge in [0.25, 0.3) is 5.56 Å². The number of fused-ring (bicyclic) bond motifs is 1. The first-order chi connectivity index (χ1) is 14.0. The lowest BCUT2D eigenvalue weighted by Gasteiger charge is -2.11. The molecule has 146 valence electrons. The van der Waals surface area contributed by atoms with E-state index < -0.39 is 0 Å². The Balaban J connectivity index is 1.62. The molecule has 2 N–H and O–H groups in total. The molecule has 0 unspecified atom stereocenters. The average molecular weight is 406 g/mol. The van der Waals surface area contributed by atoms with Crippen LogP contribution >= 0.6 is 11.8 Å². The zero-order valence-corrected chi connectivity index (χ0v) is 16.7. The second-order valence-corrected chi connectivity index (χ2v) is 7.46. The van der Waals surface area contributed by atoms with E-state index >= 15 is 0 Å². The number of nitrogens with one attached hydrogen (secondary N) is 2. The summed E-state index contributed by atoms with van der Waals surface area (Å²) in [4.78, 5) is 34.1. The van der Waals surface area contributed by atoms with Crippen molar-refractivity contribution < 1.29 is 4.79 Å². The third-order valence-electron chi connectivity index (χ3n) is 4.35. The summed E-state index contributed by atoms with van der Waals surface area (Å²) in [7, 11) is 0. The molecule has 0 atom stereocenters. The third kappa shape index (κ3) is 3.90. The molecule has 0 fully saturated rings. The van der Waals surface area contributed by atoms with E-state index in [1.165, 1.54) is 10.9 Å². The molecular weight excluding hydrogens is 388 g/mol. The fraction of sp³-hybridized carbons (Fsp3) is 0.150. The number of aromatic amines is 1. The molecule has 0 bridgehead atoms. The summed E-state index contributed by atoms with van der Waals surface area (Å²) in [5, 5.41) is 10.2. The first kappa shape index (κ1) is 18.9. The molecule has 2 aromatic heterocycles. The van der Waals surface area contributed by atoms with Crippen molar-refractivity contribution >= 4 is 34.3 Å². The summed E-state index contributed by atoms with van der Waals surface area (Å²) < 4.78 is 1.34. The Morgan fingerprint density at radius 3 is 2.79 bits per heavy atom. The first-order valence-corrected chi connectivity index (χ1v) is 9.89. The zero-order chi connectivity index (χ0) is 20.4. The van der Waals surface area contributed by atoms with E-state index in [-0.39, 0.29) is 23.2 Å². The number of hydrogen-bond donors (Lipinski definition) is 2. The number of rotatable bonds is 5. The molecule has 2 heterocycles. The lowest BCUT2D eigenvalue weighted by Crippen LogP contribution is -2.24.